The summed E-state index contributed by atoms with van der Waals surface area (Å²) < 4.78 is 8.97. The fraction of sp³-hybridized carbons (Fsp3) is 0.357. The van der Waals surface area contributed by atoms with Crippen molar-refractivity contribution in [2.45, 2.75) is 32.4 Å². The smallest absolute Gasteiger partial charge is 0.177 e. The predicted octanol–water partition coefficient (Wildman–Crippen LogP) is 3.56. The molecule has 0 spiro atoms. The molecule has 0 unspecified atom stereocenters. The monoisotopic (exact) mass is 306 g/mol. The second-order valence-electron chi connectivity index (χ2n) is 4.48. The topological polar surface area (TPSA) is 27.1 Å². The first kappa shape index (κ1) is 11.8. The van der Waals surface area contributed by atoms with Gasteiger partial charge in [0.05, 0.1) is 0 Å². The lowest BCUT2D eigenvalue weighted by atomic mass is 10.1. The van der Waals surface area contributed by atoms with Crippen LogP contribution >= 0.6 is 15.9 Å². The predicted molar refractivity (Wildman–Crippen MR) is 73.6 cm³/mol. The highest BCUT2D eigenvalue weighted by molar-refractivity contribution is 9.10. The number of para-hydroxylation sites is 1. The molecule has 0 fully saturated rings. The van der Waals surface area contributed by atoms with E-state index in [0.717, 1.165) is 29.1 Å². The quantitative estimate of drug-likeness (QED) is 0.867. The van der Waals surface area contributed by atoms with Crippen LogP contribution < -0.4 is 4.74 Å². The van der Waals surface area contributed by atoms with Crippen LogP contribution in [-0.2, 0) is 19.6 Å². The minimum Gasteiger partial charge on any atom is -0.487 e. The van der Waals surface area contributed by atoms with Gasteiger partial charge in [-0.1, -0.05) is 18.2 Å². The lowest BCUT2D eigenvalue weighted by molar-refractivity contribution is 0.299. The third-order valence-electron chi connectivity index (χ3n) is 3.27. The van der Waals surface area contributed by atoms with E-state index >= 15 is 0 Å². The van der Waals surface area contributed by atoms with Gasteiger partial charge in [-0.2, -0.15) is 0 Å². The molecule has 0 bridgehead atoms. The number of halogens is 1. The van der Waals surface area contributed by atoms with E-state index in [4.69, 9.17) is 4.74 Å². The third-order valence-corrected chi connectivity index (χ3v) is 3.88. The van der Waals surface area contributed by atoms with E-state index in [0.29, 0.717) is 6.61 Å². The van der Waals surface area contributed by atoms with E-state index < -0.39 is 0 Å². The Balaban J connectivity index is 1.77. The molecule has 0 aliphatic carbocycles. The third kappa shape index (κ3) is 2.29. The molecule has 4 heteroatoms. The van der Waals surface area contributed by atoms with E-state index in [1.165, 1.54) is 18.5 Å². The zero-order valence-corrected chi connectivity index (χ0v) is 11.7. The fourth-order valence-electron chi connectivity index (χ4n) is 2.36. The number of imidazole rings is 1. The summed E-state index contributed by atoms with van der Waals surface area (Å²) in [4.78, 5) is 4.56. The van der Waals surface area contributed by atoms with Crippen molar-refractivity contribution >= 4 is 15.9 Å². The summed E-state index contributed by atoms with van der Waals surface area (Å²) in [5.74, 6) is 0.895. The van der Waals surface area contributed by atoms with Gasteiger partial charge >= 0.3 is 0 Å². The molecule has 0 saturated heterocycles. The van der Waals surface area contributed by atoms with Crippen LogP contribution in [0.15, 0.2) is 35.1 Å². The molecule has 2 aromatic rings. The molecule has 94 valence electrons. The van der Waals surface area contributed by atoms with Crippen LogP contribution in [0.3, 0.4) is 0 Å². The molecule has 3 rings (SSSR count). The van der Waals surface area contributed by atoms with Crippen LogP contribution in [0.2, 0.25) is 0 Å². The Bertz CT molecular complexity index is 536. The zero-order chi connectivity index (χ0) is 12.4. The van der Waals surface area contributed by atoms with E-state index in [-0.39, 0.29) is 0 Å². The van der Waals surface area contributed by atoms with Gasteiger partial charge in [-0.25, -0.2) is 4.98 Å². The maximum atomic E-state index is 5.77. The second-order valence-corrected chi connectivity index (χ2v) is 5.19. The molecule has 3 nitrogen and oxygen atoms in total. The van der Waals surface area contributed by atoms with Gasteiger partial charge in [0, 0.05) is 12.2 Å². The van der Waals surface area contributed by atoms with Crippen LogP contribution in [0.25, 0.3) is 0 Å². The Kier molecular flexibility index (Phi) is 3.37. The summed E-state index contributed by atoms with van der Waals surface area (Å²) in [6, 6.07) is 9.89. The highest BCUT2D eigenvalue weighted by atomic mass is 79.9. The molecule has 0 N–H and O–H groups in total. The van der Waals surface area contributed by atoms with Crippen LogP contribution in [-0.4, -0.2) is 9.55 Å². The maximum absolute atomic E-state index is 5.77. The average Bonchev–Trinajstić information content (AvgIpc) is 2.75. The first-order chi connectivity index (χ1) is 8.84. The number of benzene rings is 1. The van der Waals surface area contributed by atoms with Crippen molar-refractivity contribution < 1.29 is 4.74 Å². The van der Waals surface area contributed by atoms with Gasteiger partial charge in [0.2, 0.25) is 0 Å². The first-order valence-corrected chi connectivity index (χ1v) is 7.05. The second kappa shape index (κ2) is 5.14. The summed E-state index contributed by atoms with van der Waals surface area (Å²) in [6.07, 6.45) is 3.59. The van der Waals surface area contributed by atoms with Gasteiger partial charge in [-0.05, 0) is 47.3 Å². The number of hydrogen-bond acceptors (Lipinski definition) is 2. The molecule has 2 heterocycles. The van der Waals surface area contributed by atoms with E-state index in [2.05, 4.69) is 25.5 Å². The molecule has 18 heavy (non-hydrogen) atoms. The number of hydrogen-bond donors (Lipinski definition) is 0. The molecule has 1 aliphatic rings. The van der Waals surface area contributed by atoms with E-state index in [1.807, 2.05) is 30.3 Å². The van der Waals surface area contributed by atoms with Crippen LogP contribution in [0.1, 0.15) is 24.2 Å². The maximum Gasteiger partial charge on any atom is 0.177 e. The highest BCUT2D eigenvalue weighted by Gasteiger charge is 2.18. The summed E-state index contributed by atoms with van der Waals surface area (Å²) >= 11 is 3.53. The largest absolute Gasteiger partial charge is 0.487 e. The average molecular weight is 307 g/mol. The Morgan fingerprint density at radius 1 is 1.22 bits per heavy atom. The summed E-state index contributed by atoms with van der Waals surface area (Å²) in [6.45, 7) is 1.61. The number of ether oxygens (including phenoxy) is 1. The van der Waals surface area contributed by atoms with Gasteiger partial charge in [-0.3, -0.25) is 0 Å². The summed E-state index contributed by atoms with van der Waals surface area (Å²) in [5, 5.41) is 0. The molecule has 1 aromatic carbocycles. The number of nitrogens with zero attached hydrogens (tertiary/aromatic N) is 2. The number of aromatic nitrogens is 2. The molecule has 1 aromatic heterocycles. The lowest BCUT2D eigenvalue weighted by Gasteiger charge is -2.16. The summed E-state index contributed by atoms with van der Waals surface area (Å²) in [5.41, 5.74) is 2.38. The van der Waals surface area contributed by atoms with Crippen molar-refractivity contribution in [1.29, 1.82) is 0 Å². The molecule has 0 atom stereocenters. The molecular formula is C14H15BrN2O. The van der Waals surface area contributed by atoms with Crippen molar-refractivity contribution in [3.63, 3.8) is 0 Å². The lowest BCUT2D eigenvalue weighted by Crippen LogP contribution is -2.11. The number of rotatable bonds is 3. The van der Waals surface area contributed by atoms with Crippen molar-refractivity contribution in [1.82, 2.24) is 9.55 Å². The van der Waals surface area contributed by atoms with Crippen LogP contribution in [0.4, 0.5) is 0 Å². The minimum absolute atomic E-state index is 0.547. The first-order valence-electron chi connectivity index (χ1n) is 6.26. The Morgan fingerprint density at radius 3 is 2.89 bits per heavy atom. The standard InChI is InChI=1S/C14H15BrN2O/c15-14-16-12(13-8-4-5-9-17(13)14)10-18-11-6-2-1-3-7-11/h1-3,6-7H,4-5,8-10H2. The Labute approximate surface area is 115 Å². The normalized spacial score (nSPS) is 14.3. The molecule has 1 aliphatic heterocycles. The van der Waals surface area contributed by atoms with E-state index in [9.17, 15) is 0 Å². The van der Waals surface area contributed by atoms with Crippen LogP contribution in [0, 0.1) is 0 Å². The van der Waals surface area contributed by atoms with E-state index in [1.54, 1.807) is 0 Å². The van der Waals surface area contributed by atoms with Gasteiger partial charge in [0.25, 0.3) is 0 Å². The van der Waals surface area contributed by atoms with Gasteiger partial charge in [-0.15, -0.1) is 0 Å². The van der Waals surface area contributed by atoms with Crippen molar-refractivity contribution in [2.75, 3.05) is 0 Å². The number of fused-ring (bicyclic) bond motifs is 1. The fourth-order valence-corrected chi connectivity index (χ4v) is 2.96. The van der Waals surface area contributed by atoms with Gasteiger partial charge in [0.1, 0.15) is 18.1 Å². The molecule has 0 radical (unpaired) electrons. The van der Waals surface area contributed by atoms with Crippen molar-refractivity contribution in [3.05, 3.63) is 46.5 Å². The SMILES string of the molecule is Brc1nc(COc2ccccc2)c2n1CCCC2. The van der Waals surface area contributed by atoms with Crippen LogP contribution in [0.5, 0.6) is 5.75 Å². The minimum atomic E-state index is 0.547. The van der Waals surface area contributed by atoms with Gasteiger partial charge < -0.3 is 9.30 Å². The molecular weight excluding hydrogens is 292 g/mol. The highest BCUT2D eigenvalue weighted by Crippen LogP contribution is 2.24. The Morgan fingerprint density at radius 2 is 2.06 bits per heavy atom. The van der Waals surface area contributed by atoms with Crippen molar-refractivity contribution in [3.8, 4) is 5.75 Å². The Hall–Kier alpha value is -1.29. The zero-order valence-electron chi connectivity index (χ0n) is 10.1. The molecule has 0 saturated carbocycles. The summed E-state index contributed by atoms with van der Waals surface area (Å²) in [7, 11) is 0. The molecule has 0 amide bonds. The van der Waals surface area contributed by atoms with Crippen molar-refractivity contribution in [2.24, 2.45) is 0 Å². The van der Waals surface area contributed by atoms with Gasteiger partial charge in [0.15, 0.2) is 4.73 Å².